The molecule has 0 aliphatic heterocycles. The fourth-order valence-electron chi connectivity index (χ4n) is 0.692. The molecule has 0 spiro atoms. The van der Waals surface area contributed by atoms with Crippen molar-refractivity contribution >= 4 is 72.7 Å². The van der Waals surface area contributed by atoms with E-state index in [9.17, 15) is 0 Å². The van der Waals surface area contributed by atoms with Crippen LogP contribution >= 0.6 is 60.1 Å². The molecule has 2 N–H and O–H groups in total. The first kappa shape index (κ1) is 38.3. The molecule has 1 aromatic carbocycles. The van der Waals surface area contributed by atoms with Crippen molar-refractivity contribution in [3.05, 3.63) is 35.9 Å². The fraction of sp³-hybridized carbons (Fsp3) is 0.462. The van der Waals surface area contributed by atoms with Gasteiger partial charge < -0.3 is 6.90 Å². The van der Waals surface area contributed by atoms with Crippen molar-refractivity contribution < 1.29 is 36.5 Å². The van der Waals surface area contributed by atoms with Crippen molar-refractivity contribution in [3.8, 4) is 0 Å². The molecule has 0 bridgehead atoms. The third-order valence-corrected chi connectivity index (χ3v) is 2.54. The average molecular weight is 393 g/mol. The third-order valence-electron chi connectivity index (χ3n) is 1.19. The molecule has 0 atom stereocenters. The molecule has 119 valence electrons. The predicted molar refractivity (Wildman–Crippen MR) is 116 cm³/mol. The SMILES string of the molecule is CS.CSC.CSC.CSC(=S)c1ccccc1.O.[B].[H-].[Na+]. The van der Waals surface area contributed by atoms with Crippen LogP contribution in [0, 0.1) is 0 Å². The Labute approximate surface area is 181 Å². The summed E-state index contributed by atoms with van der Waals surface area (Å²) >= 11 is 13.7. The number of thiol groups is 1. The largest absolute Gasteiger partial charge is 1.00 e. The van der Waals surface area contributed by atoms with E-state index < -0.39 is 0 Å². The van der Waals surface area contributed by atoms with Crippen LogP contribution in [-0.4, -0.2) is 55.6 Å². The number of benzene rings is 1. The summed E-state index contributed by atoms with van der Waals surface area (Å²) in [6, 6.07) is 10.0. The number of hydrogen-bond acceptors (Lipinski definition) is 5. The molecule has 1 rings (SSSR count). The van der Waals surface area contributed by atoms with Gasteiger partial charge in [-0.15, -0.1) is 11.8 Å². The quantitative estimate of drug-likeness (QED) is 0.441. The van der Waals surface area contributed by atoms with Gasteiger partial charge in [-0.2, -0.15) is 36.2 Å². The van der Waals surface area contributed by atoms with Gasteiger partial charge in [-0.25, -0.2) is 0 Å². The molecular formula is C13H27BNaOS5. The molecule has 0 amide bonds. The maximum Gasteiger partial charge on any atom is 1.00 e. The zero-order valence-corrected chi connectivity index (χ0v) is 20.2. The molecule has 0 unspecified atom stereocenters. The Morgan fingerprint density at radius 2 is 1.24 bits per heavy atom. The first-order valence-corrected chi connectivity index (χ1v) is 10.9. The van der Waals surface area contributed by atoms with Crippen LogP contribution in [0.1, 0.15) is 6.99 Å². The summed E-state index contributed by atoms with van der Waals surface area (Å²) in [6.07, 6.45) is 11.9. The van der Waals surface area contributed by atoms with E-state index >= 15 is 0 Å². The molecule has 0 aliphatic rings. The molecule has 0 fully saturated rings. The standard InChI is InChI=1S/C8H8S2.2C2H6S.CH4S.B.Na.H2O.H/c1-10-8(9)7-5-3-2-4-6-7;2*1-3-2;1-2;;;;/h2-6H,1H3;2*1-2H3;2H,1H3;;;1H2;/q;;;;;+1;;-1. The summed E-state index contributed by atoms with van der Waals surface area (Å²) in [5.74, 6) is 0. The van der Waals surface area contributed by atoms with Crippen LogP contribution < -0.4 is 29.6 Å². The Balaban J connectivity index is -0.0000000328. The monoisotopic (exact) mass is 393 g/mol. The fourth-order valence-corrected chi connectivity index (χ4v) is 1.20. The summed E-state index contributed by atoms with van der Waals surface area (Å²) in [4.78, 5) is 0. The molecule has 8 heteroatoms. The topological polar surface area (TPSA) is 31.5 Å². The number of thioether (sulfide) groups is 3. The Hall–Kier alpha value is 1.73. The molecular weight excluding hydrogens is 366 g/mol. The molecule has 0 aliphatic carbocycles. The van der Waals surface area contributed by atoms with Crippen LogP contribution in [0.4, 0.5) is 0 Å². The van der Waals surface area contributed by atoms with Gasteiger partial charge in [-0.3, -0.25) is 0 Å². The van der Waals surface area contributed by atoms with E-state index in [0.717, 1.165) is 9.76 Å². The van der Waals surface area contributed by atoms with Gasteiger partial charge in [-0.1, -0.05) is 42.5 Å². The molecule has 21 heavy (non-hydrogen) atoms. The van der Waals surface area contributed by atoms with E-state index in [2.05, 4.69) is 12.6 Å². The number of hydrogen-bond donors (Lipinski definition) is 1. The predicted octanol–water partition coefficient (Wildman–Crippen LogP) is 1.14. The van der Waals surface area contributed by atoms with Crippen molar-refractivity contribution in [1.29, 1.82) is 0 Å². The molecule has 0 saturated carbocycles. The molecule has 1 aromatic rings. The summed E-state index contributed by atoms with van der Waals surface area (Å²) in [7, 11) is 0. The Bertz CT molecular complexity index is 270. The summed E-state index contributed by atoms with van der Waals surface area (Å²) in [5, 5.41) is 0. The van der Waals surface area contributed by atoms with Crippen LogP contribution in [0.5, 0.6) is 0 Å². The minimum Gasteiger partial charge on any atom is -1.00 e. The molecule has 0 heterocycles. The van der Waals surface area contributed by atoms with E-state index in [-0.39, 0.29) is 44.9 Å². The van der Waals surface area contributed by atoms with E-state index in [1.807, 2.05) is 61.6 Å². The molecule has 0 aromatic heterocycles. The first-order valence-electron chi connectivity index (χ1n) is 5.06. The maximum atomic E-state index is 5.08. The minimum absolute atomic E-state index is 0. The smallest absolute Gasteiger partial charge is 1.00 e. The second-order valence-corrected chi connectivity index (χ2v) is 5.79. The van der Waals surface area contributed by atoms with Crippen molar-refractivity contribution in [2.24, 2.45) is 0 Å². The van der Waals surface area contributed by atoms with Gasteiger partial charge >= 0.3 is 29.6 Å². The Kier molecular flexibility index (Phi) is 68.9. The van der Waals surface area contributed by atoms with E-state index in [4.69, 9.17) is 12.2 Å². The minimum atomic E-state index is 0. The summed E-state index contributed by atoms with van der Waals surface area (Å²) < 4.78 is 0.959. The summed E-state index contributed by atoms with van der Waals surface area (Å²) in [6.45, 7) is 0. The van der Waals surface area contributed by atoms with Crippen LogP contribution in [0.15, 0.2) is 30.3 Å². The van der Waals surface area contributed by atoms with Crippen molar-refractivity contribution in [2.45, 2.75) is 0 Å². The second-order valence-electron chi connectivity index (χ2n) is 2.67. The van der Waals surface area contributed by atoms with Gasteiger partial charge in [0.15, 0.2) is 0 Å². The van der Waals surface area contributed by atoms with Crippen LogP contribution in [-0.2, 0) is 0 Å². The second kappa shape index (κ2) is 37.7. The first-order chi connectivity index (χ1) is 8.67. The van der Waals surface area contributed by atoms with Gasteiger partial charge in [0.2, 0.25) is 0 Å². The Morgan fingerprint density at radius 3 is 1.48 bits per heavy atom. The van der Waals surface area contributed by atoms with Crippen molar-refractivity contribution in [2.75, 3.05) is 37.5 Å². The van der Waals surface area contributed by atoms with E-state index in [1.54, 1.807) is 41.5 Å². The van der Waals surface area contributed by atoms with Gasteiger partial charge in [0, 0.05) is 8.41 Å². The van der Waals surface area contributed by atoms with Crippen LogP contribution in [0.2, 0.25) is 0 Å². The van der Waals surface area contributed by atoms with Crippen LogP contribution in [0.3, 0.4) is 0 Å². The van der Waals surface area contributed by atoms with Gasteiger partial charge in [-0.05, 0) is 43.1 Å². The zero-order chi connectivity index (χ0) is 14.8. The van der Waals surface area contributed by atoms with Crippen molar-refractivity contribution in [1.82, 2.24) is 0 Å². The number of rotatable bonds is 1. The maximum absolute atomic E-state index is 5.08. The Morgan fingerprint density at radius 1 is 0.952 bits per heavy atom. The van der Waals surface area contributed by atoms with Gasteiger partial charge in [0.25, 0.3) is 0 Å². The van der Waals surface area contributed by atoms with E-state index in [1.165, 1.54) is 0 Å². The van der Waals surface area contributed by atoms with Crippen molar-refractivity contribution in [3.63, 3.8) is 0 Å². The molecule has 1 nitrogen and oxygen atoms in total. The molecule has 0 saturated heterocycles. The number of thiocarbonyl (C=S) groups is 1. The average Bonchev–Trinajstić information content (AvgIpc) is 2.43. The third kappa shape index (κ3) is 34.2. The summed E-state index contributed by atoms with van der Waals surface area (Å²) in [5.41, 5.74) is 1.14. The molecule has 3 radical (unpaired) electrons. The normalized spacial score (nSPS) is 6.43. The van der Waals surface area contributed by atoms with Crippen LogP contribution in [0.25, 0.3) is 0 Å². The van der Waals surface area contributed by atoms with Gasteiger partial charge in [0.05, 0.1) is 4.20 Å². The van der Waals surface area contributed by atoms with Gasteiger partial charge in [0.1, 0.15) is 0 Å². The zero-order valence-electron chi connectivity index (χ0n) is 15.0. The van der Waals surface area contributed by atoms with E-state index in [0.29, 0.717) is 0 Å².